The molecule has 0 N–H and O–H groups in total. The Labute approximate surface area is 207 Å². The van der Waals surface area contributed by atoms with E-state index in [1.54, 1.807) is 23.6 Å². The predicted molar refractivity (Wildman–Crippen MR) is 137 cm³/mol. The van der Waals surface area contributed by atoms with E-state index in [-0.39, 0.29) is 5.56 Å². The number of halogens is 1. The molecule has 3 aromatic rings. The van der Waals surface area contributed by atoms with Gasteiger partial charge in [-0.25, -0.2) is 9.79 Å². The topological polar surface area (TPSA) is 63.9 Å². The second-order valence-corrected chi connectivity index (χ2v) is 9.33. The molecular weight excluding hydrogens is 470 g/mol. The Morgan fingerprint density at radius 2 is 1.79 bits per heavy atom. The van der Waals surface area contributed by atoms with Gasteiger partial charge in [-0.15, -0.1) is 0 Å². The first kappa shape index (κ1) is 24.0. The third-order valence-electron chi connectivity index (χ3n) is 5.93. The van der Waals surface area contributed by atoms with Crippen molar-refractivity contribution in [2.75, 3.05) is 25.1 Å². The van der Waals surface area contributed by atoms with Gasteiger partial charge in [-0.05, 0) is 62.2 Å². The molecule has 0 bridgehead atoms. The van der Waals surface area contributed by atoms with E-state index in [1.807, 2.05) is 30.3 Å². The number of rotatable bonds is 6. The number of aromatic nitrogens is 1. The van der Waals surface area contributed by atoms with Crippen LogP contribution in [0.4, 0.5) is 5.69 Å². The number of benzene rings is 2. The summed E-state index contributed by atoms with van der Waals surface area (Å²) >= 11 is 7.39. The molecule has 0 radical (unpaired) electrons. The van der Waals surface area contributed by atoms with E-state index in [1.165, 1.54) is 18.4 Å². The van der Waals surface area contributed by atoms with E-state index in [4.69, 9.17) is 16.3 Å². The summed E-state index contributed by atoms with van der Waals surface area (Å²) in [6, 6.07) is 14.6. The van der Waals surface area contributed by atoms with Crippen molar-refractivity contribution in [1.29, 1.82) is 0 Å². The van der Waals surface area contributed by atoms with Crippen molar-refractivity contribution in [3.63, 3.8) is 0 Å². The molecule has 6 nitrogen and oxygen atoms in total. The van der Waals surface area contributed by atoms with E-state index in [2.05, 4.69) is 35.9 Å². The quantitative estimate of drug-likeness (QED) is 0.486. The summed E-state index contributed by atoms with van der Waals surface area (Å²) < 4.78 is 7.16. The maximum atomic E-state index is 13.6. The number of thiazole rings is 1. The van der Waals surface area contributed by atoms with Crippen LogP contribution in [0.25, 0.3) is 6.08 Å². The normalized spacial score (nSPS) is 15.7. The smallest absolute Gasteiger partial charge is 0.338 e. The molecule has 0 unspecified atom stereocenters. The second kappa shape index (κ2) is 9.99. The molecule has 1 aliphatic rings. The summed E-state index contributed by atoms with van der Waals surface area (Å²) in [6.07, 6.45) is 1.87. The van der Waals surface area contributed by atoms with Gasteiger partial charge in [0.1, 0.15) is 0 Å². The van der Waals surface area contributed by atoms with Crippen molar-refractivity contribution in [3.8, 4) is 0 Å². The summed E-state index contributed by atoms with van der Waals surface area (Å²) in [6.45, 7) is 7.87. The van der Waals surface area contributed by atoms with Crippen LogP contribution in [0.15, 0.2) is 69.6 Å². The number of carbonyl (C=O) groups is 1. The van der Waals surface area contributed by atoms with Gasteiger partial charge in [-0.3, -0.25) is 9.36 Å². The molecule has 176 valence electrons. The molecule has 0 saturated heterocycles. The van der Waals surface area contributed by atoms with Gasteiger partial charge in [0.05, 0.1) is 29.0 Å². The molecule has 0 amide bonds. The Morgan fingerprint density at radius 3 is 2.38 bits per heavy atom. The number of nitrogens with zero attached hydrogens (tertiary/aromatic N) is 3. The number of hydrogen-bond donors (Lipinski definition) is 0. The molecule has 0 aliphatic carbocycles. The Balaban J connectivity index is 1.85. The SMILES string of the molecule is CCN(CC)c1ccc(/C=c2\sc3n(c2=O)[C@H](c2ccc(Cl)cc2)C(C(=O)OC)=C(C)N=3)cc1. The van der Waals surface area contributed by atoms with Crippen LogP contribution in [-0.4, -0.2) is 30.7 Å². The number of ether oxygens (including phenoxy) is 1. The zero-order valence-corrected chi connectivity index (χ0v) is 21.1. The molecule has 1 atom stereocenters. The molecule has 2 heterocycles. The monoisotopic (exact) mass is 495 g/mol. The molecule has 1 aromatic heterocycles. The van der Waals surface area contributed by atoms with E-state index >= 15 is 0 Å². The molecular formula is C26H26ClN3O3S. The predicted octanol–water partition coefficient (Wildman–Crippen LogP) is 3.91. The van der Waals surface area contributed by atoms with Gasteiger partial charge in [0, 0.05) is 23.8 Å². The van der Waals surface area contributed by atoms with Crippen molar-refractivity contribution in [2.24, 2.45) is 4.99 Å². The van der Waals surface area contributed by atoms with Gasteiger partial charge in [0.2, 0.25) is 0 Å². The van der Waals surface area contributed by atoms with Crippen molar-refractivity contribution in [3.05, 3.63) is 95.6 Å². The first-order valence-corrected chi connectivity index (χ1v) is 12.3. The number of fused-ring (bicyclic) bond motifs is 1. The zero-order valence-electron chi connectivity index (χ0n) is 19.5. The Morgan fingerprint density at radius 1 is 1.15 bits per heavy atom. The third kappa shape index (κ3) is 4.45. The van der Waals surface area contributed by atoms with Crippen LogP contribution in [0, 0.1) is 0 Å². The highest BCUT2D eigenvalue weighted by Gasteiger charge is 2.33. The highest BCUT2D eigenvalue weighted by atomic mass is 35.5. The van der Waals surface area contributed by atoms with Crippen LogP contribution in [-0.2, 0) is 9.53 Å². The summed E-state index contributed by atoms with van der Waals surface area (Å²) in [7, 11) is 1.33. The average Bonchev–Trinajstić information content (AvgIpc) is 3.14. The zero-order chi connectivity index (χ0) is 24.4. The lowest BCUT2D eigenvalue weighted by Gasteiger charge is -2.24. The van der Waals surface area contributed by atoms with Crippen LogP contribution in [0.1, 0.15) is 37.9 Å². The van der Waals surface area contributed by atoms with Gasteiger partial charge in [-0.1, -0.05) is 47.2 Å². The average molecular weight is 496 g/mol. The summed E-state index contributed by atoms with van der Waals surface area (Å²) in [4.78, 5) is 33.7. The molecule has 0 spiro atoms. The Kier molecular flexibility index (Phi) is 7.05. The van der Waals surface area contributed by atoms with E-state index in [9.17, 15) is 9.59 Å². The molecule has 0 saturated carbocycles. The largest absolute Gasteiger partial charge is 0.466 e. The highest BCUT2D eigenvalue weighted by Crippen LogP contribution is 2.31. The number of carbonyl (C=O) groups excluding carboxylic acids is 1. The van der Waals surface area contributed by atoms with Gasteiger partial charge in [0.15, 0.2) is 4.80 Å². The van der Waals surface area contributed by atoms with Crippen molar-refractivity contribution < 1.29 is 9.53 Å². The van der Waals surface area contributed by atoms with Crippen LogP contribution in [0.2, 0.25) is 5.02 Å². The Hall–Kier alpha value is -3.16. The lowest BCUT2D eigenvalue weighted by atomic mass is 9.96. The lowest BCUT2D eigenvalue weighted by molar-refractivity contribution is -0.136. The highest BCUT2D eigenvalue weighted by molar-refractivity contribution is 7.07. The van der Waals surface area contributed by atoms with Crippen LogP contribution >= 0.6 is 22.9 Å². The number of allylic oxidation sites excluding steroid dienone is 1. The molecule has 8 heteroatoms. The van der Waals surface area contributed by atoms with Crippen LogP contribution in [0.3, 0.4) is 0 Å². The molecule has 4 rings (SSSR count). The lowest BCUT2D eigenvalue weighted by Crippen LogP contribution is -2.39. The fraction of sp³-hybridized carbons (Fsp3) is 0.269. The van der Waals surface area contributed by atoms with Crippen LogP contribution < -0.4 is 19.8 Å². The van der Waals surface area contributed by atoms with Gasteiger partial charge >= 0.3 is 5.97 Å². The summed E-state index contributed by atoms with van der Waals surface area (Å²) in [5.74, 6) is -0.512. The van der Waals surface area contributed by atoms with Crippen molar-refractivity contribution in [2.45, 2.75) is 26.8 Å². The number of hydrogen-bond acceptors (Lipinski definition) is 6. The minimum absolute atomic E-state index is 0.203. The fourth-order valence-electron chi connectivity index (χ4n) is 4.17. The van der Waals surface area contributed by atoms with Gasteiger partial charge in [0.25, 0.3) is 5.56 Å². The number of methoxy groups -OCH3 is 1. The minimum Gasteiger partial charge on any atom is -0.466 e. The van der Waals surface area contributed by atoms with Crippen molar-refractivity contribution in [1.82, 2.24) is 4.57 Å². The second-order valence-electron chi connectivity index (χ2n) is 7.89. The Bertz CT molecular complexity index is 1420. The number of anilines is 1. The van der Waals surface area contributed by atoms with Gasteiger partial charge < -0.3 is 9.64 Å². The molecule has 34 heavy (non-hydrogen) atoms. The third-order valence-corrected chi connectivity index (χ3v) is 7.17. The maximum absolute atomic E-state index is 13.6. The van der Waals surface area contributed by atoms with E-state index < -0.39 is 12.0 Å². The van der Waals surface area contributed by atoms with E-state index in [0.29, 0.717) is 25.6 Å². The van der Waals surface area contributed by atoms with Crippen LogP contribution in [0.5, 0.6) is 0 Å². The maximum Gasteiger partial charge on any atom is 0.338 e. The van der Waals surface area contributed by atoms with E-state index in [0.717, 1.165) is 29.9 Å². The fourth-order valence-corrected chi connectivity index (χ4v) is 5.35. The number of esters is 1. The van der Waals surface area contributed by atoms with Crippen molar-refractivity contribution >= 4 is 40.7 Å². The molecule has 1 aliphatic heterocycles. The first-order chi connectivity index (χ1) is 16.4. The minimum atomic E-state index is -0.645. The standard InChI is InChI=1S/C26H26ClN3O3S/c1-5-29(6-2)20-13-7-17(8-14-20)15-21-24(31)30-23(18-9-11-19(27)12-10-18)22(25(32)33-4)16(3)28-26(30)34-21/h7-15,23H,5-6H2,1-4H3/b21-15-/t23-/m1/s1. The molecule has 0 fully saturated rings. The van der Waals surface area contributed by atoms with Gasteiger partial charge in [-0.2, -0.15) is 0 Å². The summed E-state index contributed by atoms with van der Waals surface area (Å²) in [5, 5.41) is 0.574. The first-order valence-electron chi connectivity index (χ1n) is 11.1. The molecule has 2 aromatic carbocycles. The summed E-state index contributed by atoms with van der Waals surface area (Å²) in [5.41, 5.74) is 3.49.